The number of hydrogen-bond donors (Lipinski definition) is 1. The second kappa shape index (κ2) is 5.89. The van der Waals surface area contributed by atoms with E-state index in [0.717, 1.165) is 21.2 Å². The number of halogens is 2. The van der Waals surface area contributed by atoms with E-state index >= 15 is 0 Å². The van der Waals surface area contributed by atoms with Crippen LogP contribution in [-0.2, 0) is 6.54 Å². The first kappa shape index (κ1) is 13.6. The third kappa shape index (κ3) is 3.36. The van der Waals surface area contributed by atoms with E-state index in [1.54, 1.807) is 0 Å². The van der Waals surface area contributed by atoms with Gasteiger partial charge in [0.05, 0.1) is 0 Å². The number of anilines is 1. The van der Waals surface area contributed by atoms with Crippen molar-refractivity contribution in [2.24, 2.45) is 0 Å². The Hall–Kier alpha value is -0.800. The fourth-order valence-electron chi connectivity index (χ4n) is 1.74. The fraction of sp³-hybridized carbons (Fsp3) is 0.200. The zero-order valence-electron chi connectivity index (χ0n) is 10.4. The zero-order valence-corrected chi connectivity index (χ0v) is 13.6. The van der Waals surface area contributed by atoms with Gasteiger partial charge in [0.25, 0.3) is 0 Å². The second-order valence-corrected chi connectivity index (χ2v) is 6.17. The molecule has 0 bridgehead atoms. The lowest BCUT2D eigenvalue weighted by molar-refractivity contribution is 1.13. The van der Waals surface area contributed by atoms with Crippen molar-refractivity contribution in [1.29, 1.82) is 0 Å². The monoisotopic (exact) mass is 367 g/mol. The Morgan fingerprint density at radius 2 is 1.72 bits per heavy atom. The van der Waals surface area contributed by atoms with E-state index in [1.807, 2.05) is 12.1 Å². The van der Waals surface area contributed by atoms with Crippen molar-refractivity contribution in [2.75, 3.05) is 5.32 Å². The Morgan fingerprint density at radius 3 is 2.39 bits per heavy atom. The minimum Gasteiger partial charge on any atom is -0.380 e. The number of benzene rings is 2. The predicted molar refractivity (Wildman–Crippen MR) is 85.1 cm³/mol. The molecule has 2 aromatic rings. The molecule has 2 rings (SSSR count). The highest BCUT2D eigenvalue weighted by atomic mass is 79.9. The van der Waals surface area contributed by atoms with Crippen LogP contribution in [0.25, 0.3) is 0 Å². The lowest BCUT2D eigenvalue weighted by atomic mass is 10.1. The largest absolute Gasteiger partial charge is 0.380 e. The molecule has 0 atom stereocenters. The molecule has 3 heteroatoms. The SMILES string of the molecule is Cc1ccc(CNc2ccc(Br)cc2Br)cc1C. The highest BCUT2D eigenvalue weighted by Crippen LogP contribution is 2.26. The first-order chi connectivity index (χ1) is 8.56. The molecule has 1 N–H and O–H groups in total. The average molecular weight is 369 g/mol. The third-order valence-electron chi connectivity index (χ3n) is 2.99. The van der Waals surface area contributed by atoms with Gasteiger partial charge in [0, 0.05) is 21.2 Å². The van der Waals surface area contributed by atoms with Crippen LogP contribution in [0.1, 0.15) is 16.7 Å². The first-order valence-electron chi connectivity index (χ1n) is 5.81. The van der Waals surface area contributed by atoms with Crippen molar-refractivity contribution in [3.63, 3.8) is 0 Å². The zero-order chi connectivity index (χ0) is 13.1. The van der Waals surface area contributed by atoms with Gasteiger partial charge >= 0.3 is 0 Å². The summed E-state index contributed by atoms with van der Waals surface area (Å²) < 4.78 is 2.15. The summed E-state index contributed by atoms with van der Waals surface area (Å²) in [5.41, 5.74) is 5.08. The van der Waals surface area contributed by atoms with Crippen molar-refractivity contribution in [3.8, 4) is 0 Å². The number of rotatable bonds is 3. The summed E-state index contributed by atoms with van der Waals surface area (Å²) in [6.07, 6.45) is 0. The standard InChI is InChI=1S/C15H15Br2N/c1-10-3-4-12(7-11(10)2)9-18-15-6-5-13(16)8-14(15)17/h3-8,18H,9H2,1-2H3. The number of nitrogens with one attached hydrogen (secondary N) is 1. The summed E-state index contributed by atoms with van der Waals surface area (Å²) >= 11 is 7.01. The first-order valence-corrected chi connectivity index (χ1v) is 7.40. The van der Waals surface area contributed by atoms with Crippen LogP contribution in [-0.4, -0.2) is 0 Å². The molecule has 0 aliphatic rings. The van der Waals surface area contributed by atoms with Gasteiger partial charge in [0.15, 0.2) is 0 Å². The van der Waals surface area contributed by atoms with E-state index in [-0.39, 0.29) is 0 Å². The van der Waals surface area contributed by atoms with Gasteiger partial charge in [0.1, 0.15) is 0 Å². The fourth-order valence-corrected chi connectivity index (χ4v) is 2.93. The smallest absolute Gasteiger partial charge is 0.0488 e. The Bertz CT molecular complexity index is 564. The molecule has 0 fully saturated rings. The van der Waals surface area contributed by atoms with Gasteiger partial charge < -0.3 is 5.32 Å². The van der Waals surface area contributed by atoms with Crippen molar-refractivity contribution < 1.29 is 0 Å². The molecule has 0 heterocycles. The minimum absolute atomic E-state index is 0.835. The van der Waals surface area contributed by atoms with Gasteiger partial charge in [0.2, 0.25) is 0 Å². The second-order valence-electron chi connectivity index (χ2n) is 4.40. The maximum Gasteiger partial charge on any atom is 0.0488 e. The van der Waals surface area contributed by atoms with Gasteiger partial charge in [-0.1, -0.05) is 34.1 Å². The molecule has 18 heavy (non-hydrogen) atoms. The molecule has 0 aliphatic carbocycles. The molecule has 0 aromatic heterocycles. The van der Waals surface area contributed by atoms with Crippen molar-refractivity contribution in [1.82, 2.24) is 0 Å². The summed E-state index contributed by atoms with van der Waals surface area (Å²) in [6.45, 7) is 5.12. The van der Waals surface area contributed by atoms with Crippen LogP contribution < -0.4 is 5.32 Å². The highest BCUT2D eigenvalue weighted by molar-refractivity contribution is 9.11. The molecule has 0 aliphatic heterocycles. The van der Waals surface area contributed by atoms with Crippen LogP contribution in [0, 0.1) is 13.8 Å². The van der Waals surface area contributed by atoms with Crippen molar-refractivity contribution in [3.05, 3.63) is 62.0 Å². The Kier molecular flexibility index (Phi) is 4.46. The summed E-state index contributed by atoms with van der Waals surface area (Å²) in [5.74, 6) is 0. The normalized spacial score (nSPS) is 10.4. The summed E-state index contributed by atoms with van der Waals surface area (Å²) in [4.78, 5) is 0. The van der Waals surface area contributed by atoms with Crippen LogP contribution in [0.5, 0.6) is 0 Å². The van der Waals surface area contributed by atoms with E-state index in [4.69, 9.17) is 0 Å². The van der Waals surface area contributed by atoms with Gasteiger partial charge in [-0.25, -0.2) is 0 Å². The molecular formula is C15H15Br2N. The molecule has 0 saturated carbocycles. The van der Waals surface area contributed by atoms with Gasteiger partial charge in [-0.05, 0) is 64.7 Å². The highest BCUT2D eigenvalue weighted by Gasteiger charge is 2.01. The topological polar surface area (TPSA) is 12.0 Å². The molecule has 0 spiro atoms. The quantitative estimate of drug-likeness (QED) is 0.760. The van der Waals surface area contributed by atoms with E-state index < -0.39 is 0 Å². The van der Waals surface area contributed by atoms with E-state index in [0.29, 0.717) is 0 Å². The van der Waals surface area contributed by atoms with Crippen molar-refractivity contribution in [2.45, 2.75) is 20.4 Å². The third-order valence-corrected chi connectivity index (χ3v) is 4.13. The summed E-state index contributed by atoms with van der Waals surface area (Å²) in [6, 6.07) is 12.7. The molecule has 0 unspecified atom stereocenters. The van der Waals surface area contributed by atoms with Crippen LogP contribution in [0.4, 0.5) is 5.69 Å². The molecule has 0 amide bonds. The lowest BCUT2D eigenvalue weighted by Crippen LogP contribution is -2.00. The van der Waals surface area contributed by atoms with Gasteiger partial charge in [-0.2, -0.15) is 0 Å². The summed E-state index contributed by atoms with van der Waals surface area (Å²) in [7, 11) is 0. The Morgan fingerprint density at radius 1 is 0.944 bits per heavy atom. The van der Waals surface area contributed by atoms with Gasteiger partial charge in [-0.3, -0.25) is 0 Å². The summed E-state index contributed by atoms with van der Waals surface area (Å²) in [5, 5.41) is 3.44. The van der Waals surface area contributed by atoms with Crippen LogP contribution in [0.3, 0.4) is 0 Å². The number of aryl methyl sites for hydroxylation is 2. The molecular weight excluding hydrogens is 354 g/mol. The van der Waals surface area contributed by atoms with Crippen LogP contribution in [0.2, 0.25) is 0 Å². The average Bonchev–Trinajstić information content (AvgIpc) is 2.32. The molecule has 2 aromatic carbocycles. The van der Waals surface area contributed by atoms with Crippen molar-refractivity contribution >= 4 is 37.5 Å². The van der Waals surface area contributed by atoms with Crippen LogP contribution in [0.15, 0.2) is 45.3 Å². The molecule has 1 nitrogen and oxygen atoms in total. The molecule has 0 radical (unpaired) electrons. The van der Waals surface area contributed by atoms with Crippen LogP contribution >= 0.6 is 31.9 Å². The molecule has 0 saturated heterocycles. The maximum atomic E-state index is 3.55. The van der Waals surface area contributed by atoms with Gasteiger partial charge in [-0.15, -0.1) is 0 Å². The maximum absolute atomic E-state index is 3.55. The van der Waals surface area contributed by atoms with E-state index in [1.165, 1.54) is 16.7 Å². The predicted octanol–water partition coefficient (Wildman–Crippen LogP) is 5.44. The molecule has 94 valence electrons. The van der Waals surface area contributed by atoms with E-state index in [2.05, 4.69) is 75.3 Å². The lowest BCUT2D eigenvalue weighted by Gasteiger charge is -2.10. The number of hydrogen-bond acceptors (Lipinski definition) is 1. The Balaban J connectivity index is 2.09. The minimum atomic E-state index is 0.835. The Labute approximate surface area is 125 Å². The van der Waals surface area contributed by atoms with E-state index in [9.17, 15) is 0 Å².